The van der Waals surface area contributed by atoms with Gasteiger partial charge in [0.05, 0.1) is 11.1 Å². The van der Waals surface area contributed by atoms with E-state index in [1.54, 1.807) is 12.1 Å². The number of hydrogen-bond acceptors (Lipinski definition) is 2. The van der Waals surface area contributed by atoms with Crippen molar-refractivity contribution >= 4 is 16.8 Å². The summed E-state index contributed by atoms with van der Waals surface area (Å²) in [5, 5.41) is 3.83. The lowest BCUT2D eigenvalue weighted by atomic mass is 10.0. The minimum absolute atomic E-state index is 0.00212. The smallest absolute Gasteiger partial charge is 0.246 e. The molecule has 1 aliphatic heterocycles. The van der Waals surface area contributed by atoms with Gasteiger partial charge in [0, 0.05) is 18.1 Å². The van der Waals surface area contributed by atoms with Crippen LogP contribution in [0.2, 0.25) is 0 Å². The van der Waals surface area contributed by atoms with Crippen molar-refractivity contribution in [1.82, 2.24) is 14.8 Å². The molecule has 0 bridgehead atoms. The first-order valence-corrected chi connectivity index (χ1v) is 8.72. The lowest BCUT2D eigenvalue weighted by molar-refractivity contribution is -0.129. The van der Waals surface area contributed by atoms with Crippen molar-refractivity contribution in [2.75, 3.05) is 19.6 Å². The van der Waals surface area contributed by atoms with Crippen molar-refractivity contribution in [3.05, 3.63) is 36.3 Å². The number of aromatic nitrogens is 1. The number of rotatable bonds is 5. The Morgan fingerprint density at radius 2 is 2.04 bits per heavy atom. The van der Waals surface area contributed by atoms with E-state index in [4.69, 9.17) is 0 Å². The maximum absolute atomic E-state index is 13.9. The normalized spacial score (nSPS) is 20.0. The van der Waals surface area contributed by atoms with Crippen LogP contribution in [0.15, 0.2) is 30.5 Å². The van der Waals surface area contributed by atoms with Crippen molar-refractivity contribution in [3.63, 3.8) is 0 Å². The Labute approximate surface area is 141 Å². The molecule has 2 aromatic rings. The molecule has 0 radical (unpaired) electrons. The quantitative estimate of drug-likeness (QED) is 0.916. The van der Waals surface area contributed by atoms with Crippen molar-refractivity contribution in [3.8, 4) is 0 Å². The summed E-state index contributed by atoms with van der Waals surface area (Å²) in [7, 11) is 0. The van der Waals surface area contributed by atoms with Crippen molar-refractivity contribution in [2.45, 2.75) is 44.2 Å². The first kappa shape index (κ1) is 15.6. The number of nitrogens with zero attached hydrogens (tertiary/aromatic N) is 2. The van der Waals surface area contributed by atoms with Crippen LogP contribution in [-0.4, -0.2) is 40.5 Å². The molecule has 2 aliphatic rings. The lowest BCUT2D eigenvalue weighted by Gasteiger charge is -2.36. The van der Waals surface area contributed by atoms with E-state index in [0.29, 0.717) is 5.39 Å². The molecule has 1 N–H and O–H groups in total. The summed E-state index contributed by atoms with van der Waals surface area (Å²) < 4.78 is 15.8. The minimum Gasteiger partial charge on any atom is -0.347 e. The van der Waals surface area contributed by atoms with Crippen LogP contribution in [0.1, 0.15) is 33.1 Å². The van der Waals surface area contributed by atoms with Crippen LogP contribution in [0.3, 0.4) is 0 Å². The third kappa shape index (κ3) is 2.51. The number of amides is 1. The number of carbonyl (C=O) groups excluding carboxylic acids is 1. The summed E-state index contributed by atoms with van der Waals surface area (Å²) >= 11 is 0. The van der Waals surface area contributed by atoms with E-state index in [1.165, 1.54) is 12.5 Å². The Morgan fingerprint density at radius 3 is 2.67 bits per heavy atom. The van der Waals surface area contributed by atoms with E-state index in [2.05, 4.69) is 10.2 Å². The minimum atomic E-state index is -0.764. The number of fused-ring (bicyclic) bond motifs is 1. The highest BCUT2D eigenvalue weighted by molar-refractivity contribution is 5.89. The predicted molar refractivity (Wildman–Crippen MR) is 92.4 cm³/mol. The maximum atomic E-state index is 13.9. The van der Waals surface area contributed by atoms with Crippen LogP contribution in [0, 0.1) is 5.82 Å². The molecule has 1 aliphatic carbocycles. The van der Waals surface area contributed by atoms with Crippen LogP contribution >= 0.6 is 0 Å². The van der Waals surface area contributed by atoms with Crippen LogP contribution in [0.25, 0.3) is 10.9 Å². The molecule has 1 saturated heterocycles. The van der Waals surface area contributed by atoms with Crippen LogP contribution < -0.4 is 5.32 Å². The molecule has 5 heteroatoms. The van der Waals surface area contributed by atoms with Crippen molar-refractivity contribution in [1.29, 1.82) is 0 Å². The molecule has 1 saturated carbocycles. The van der Waals surface area contributed by atoms with Gasteiger partial charge in [-0.2, -0.15) is 0 Å². The molecule has 128 valence electrons. The van der Waals surface area contributed by atoms with Gasteiger partial charge in [-0.05, 0) is 64.4 Å². The summed E-state index contributed by atoms with van der Waals surface area (Å²) in [6.07, 6.45) is 5.16. The molecule has 0 spiro atoms. The number of nitrogens with one attached hydrogen (secondary N) is 1. The Morgan fingerprint density at radius 1 is 1.29 bits per heavy atom. The zero-order valence-electron chi connectivity index (χ0n) is 14.3. The van der Waals surface area contributed by atoms with Gasteiger partial charge in [0.2, 0.25) is 5.91 Å². The number of hydrogen-bond donors (Lipinski definition) is 1. The molecule has 4 rings (SSSR count). The largest absolute Gasteiger partial charge is 0.347 e. The topological polar surface area (TPSA) is 37.3 Å². The fourth-order valence-corrected chi connectivity index (χ4v) is 3.56. The van der Waals surface area contributed by atoms with Crippen molar-refractivity contribution < 1.29 is 9.18 Å². The van der Waals surface area contributed by atoms with E-state index in [0.717, 1.165) is 38.0 Å². The van der Waals surface area contributed by atoms with E-state index >= 15 is 0 Å². The van der Waals surface area contributed by atoms with Gasteiger partial charge >= 0.3 is 0 Å². The monoisotopic (exact) mass is 329 g/mol. The second-order valence-corrected chi connectivity index (χ2v) is 7.78. The molecule has 24 heavy (non-hydrogen) atoms. The van der Waals surface area contributed by atoms with Gasteiger partial charge in [0.15, 0.2) is 0 Å². The number of benzene rings is 1. The first-order valence-electron chi connectivity index (χ1n) is 8.72. The zero-order chi connectivity index (χ0) is 16.9. The molecule has 2 fully saturated rings. The average molecular weight is 329 g/mol. The summed E-state index contributed by atoms with van der Waals surface area (Å²) in [4.78, 5) is 15.4. The predicted octanol–water partition coefficient (Wildman–Crippen LogP) is 2.87. The fourth-order valence-electron chi connectivity index (χ4n) is 3.56. The zero-order valence-corrected chi connectivity index (χ0v) is 14.3. The van der Waals surface area contributed by atoms with Gasteiger partial charge in [-0.1, -0.05) is 6.07 Å². The molecule has 1 aromatic carbocycles. The van der Waals surface area contributed by atoms with Gasteiger partial charge in [-0.25, -0.2) is 4.39 Å². The third-order valence-electron chi connectivity index (χ3n) is 5.54. The molecule has 4 nitrogen and oxygen atoms in total. The van der Waals surface area contributed by atoms with E-state index < -0.39 is 5.54 Å². The highest BCUT2D eigenvalue weighted by Gasteiger charge is 2.48. The Balaban J connectivity index is 1.57. The van der Waals surface area contributed by atoms with Gasteiger partial charge in [-0.15, -0.1) is 0 Å². The second kappa shape index (κ2) is 5.31. The number of likely N-dealkylation sites (tertiary alicyclic amines) is 1. The fraction of sp³-hybridized carbons (Fsp3) is 0.526. The molecule has 2 heterocycles. The number of halogens is 1. The SMILES string of the molecule is CC(C)(C(=O)NC1(CN2CCC2)CC1)n1ccc2c(F)cccc21. The molecule has 1 aromatic heterocycles. The molecule has 0 unspecified atom stereocenters. The summed E-state index contributed by atoms with van der Waals surface area (Å²) in [5.41, 5.74) is -0.0639. The van der Waals surface area contributed by atoms with Gasteiger partial charge in [-0.3, -0.25) is 4.79 Å². The van der Waals surface area contributed by atoms with E-state index in [-0.39, 0.29) is 17.3 Å². The standard InChI is InChI=1S/C19H24FN3O/c1-18(2,23-12-7-14-15(20)5-3-6-16(14)23)17(24)21-19(8-9-19)13-22-10-4-11-22/h3,5-7,12H,4,8-11,13H2,1-2H3,(H,21,24). The summed E-state index contributed by atoms with van der Waals surface area (Å²) in [6, 6.07) is 6.74. The maximum Gasteiger partial charge on any atom is 0.246 e. The second-order valence-electron chi connectivity index (χ2n) is 7.78. The molecular weight excluding hydrogens is 305 g/mol. The summed E-state index contributed by atoms with van der Waals surface area (Å²) in [6.45, 7) is 7.03. The van der Waals surface area contributed by atoms with E-state index in [9.17, 15) is 9.18 Å². The lowest BCUT2D eigenvalue weighted by Crippen LogP contribution is -2.54. The van der Waals surface area contributed by atoms with Crippen LogP contribution in [0.4, 0.5) is 4.39 Å². The Kier molecular flexibility index (Phi) is 3.46. The Hall–Kier alpha value is -1.88. The van der Waals surface area contributed by atoms with Crippen LogP contribution in [-0.2, 0) is 10.3 Å². The van der Waals surface area contributed by atoms with Gasteiger partial charge < -0.3 is 14.8 Å². The first-order chi connectivity index (χ1) is 11.4. The van der Waals surface area contributed by atoms with Crippen LogP contribution in [0.5, 0.6) is 0 Å². The van der Waals surface area contributed by atoms with E-state index in [1.807, 2.05) is 30.7 Å². The molecule has 0 atom stereocenters. The summed E-state index contributed by atoms with van der Waals surface area (Å²) in [5.74, 6) is -0.249. The number of carbonyl (C=O) groups is 1. The molecule has 1 amide bonds. The third-order valence-corrected chi connectivity index (χ3v) is 5.54. The van der Waals surface area contributed by atoms with Crippen molar-refractivity contribution in [2.24, 2.45) is 0 Å². The highest BCUT2D eigenvalue weighted by Crippen LogP contribution is 2.38. The average Bonchev–Trinajstić information content (AvgIpc) is 3.09. The Bertz CT molecular complexity index is 787. The highest BCUT2D eigenvalue weighted by atomic mass is 19.1. The molecular formula is C19H24FN3O. The van der Waals surface area contributed by atoms with Gasteiger partial charge in [0.1, 0.15) is 11.4 Å². The van der Waals surface area contributed by atoms with Gasteiger partial charge in [0.25, 0.3) is 0 Å².